The summed E-state index contributed by atoms with van der Waals surface area (Å²) in [4.78, 5) is 10.9. The van der Waals surface area contributed by atoms with E-state index in [2.05, 4.69) is 13.8 Å². The predicted molar refractivity (Wildman–Crippen MR) is 78.2 cm³/mol. The molecule has 3 nitrogen and oxygen atoms in total. The number of ether oxygens (including phenoxy) is 1. The Morgan fingerprint density at radius 2 is 1.95 bits per heavy atom. The van der Waals surface area contributed by atoms with Crippen molar-refractivity contribution in [3.8, 4) is 5.75 Å². The number of carboxylic acids is 1. The zero-order chi connectivity index (χ0) is 15.4. The molecule has 0 aliphatic heterocycles. The van der Waals surface area contributed by atoms with E-state index in [0.717, 1.165) is 5.56 Å². The van der Waals surface area contributed by atoms with E-state index >= 15 is 0 Å². The quantitative estimate of drug-likeness (QED) is 0.895. The number of aromatic carboxylic acids is 1. The Labute approximate surface area is 123 Å². The lowest BCUT2D eigenvalue weighted by Crippen LogP contribution is -2.06. The standard InChI is InChI=1S/C17H17FO3/c1-11(2)12-5-3-7-14(9-12)21-10-13-6-4-8-15(16(13)18)17(19)20/h3-9,11H,10H2,1-2H3,(H,19,20). The normalized spacial score (nSPS) is 10.7. The number of carbonyl (C=O) groups is 1. The first kappa shape index (κ1) is 15.0. The molecule has 0 aliphatic rings. The molecule has 4 heteroatoms. The molecule has 0 fully saturated rings. The number of hydrogen-bond acceptors (Lipinski definition) is 2. The van der Waals surface area contributed by atoms with E-state index in [1.807, 2.05) is 18.2 Å². The van der Waals surface area contributed by atoms with Gasteiger partial charge in [-0.15, -0.1) is 0 Å². The molecule has 0 spiro atoms. The van der Waals surface area contributed by atoms with Crippen LogP contribution in [0.25, 0.3) is 0 Å². The molecule has 0 aliphatic carbocycles. The number of carboxylic acid groups (broad SMARTS) is 1. The van der Waals surface area contributed by atoms with Crippen LogP contribution in [0, 0.1) is 5.82 Å². The smallest absolute Gasteiger partial charge is 0.338 e. The number of hydrogen-bond donors (Lipinski definition) is 1. The van der Waals surface area contributed by atoms with E-state index in [1.54, 1.807) is 6.07 Å². The molecule has 0 atom stereocenters. The molecule has 21 heavy (non-hydrogen) atoms. The van der Waals surface area contributed by atoms with Gasteiger partial charge in [-0.05, 0) is 29.7 Å². The lowest BCUT2D eigenvalue weighted by atomic mass is 10.0. The summed E-state index contributed by atoms with van der Waals surface area (Å²) < 4.78 is 19.5. The molecule has 2 aromatic rings. The summed E-state index contributed by atoms with van der Waals surface area (Å²) in [5, 5.41) is 8.89. The van der Waals surface area contributed by atoms with Crippen LogP contribution in [0.3, 0.4) is 0 Å². The SMILES string of the molecule is CC(C)c1cccc(OCc2cccc(C(=O)O)c2F)c1. The molecule has 0 bridgehead atoms. The Morgan fingerprint density at radius 1 is 1.24 bits per heavy atom. The van der Waals surface area contributed by atoms with Crippen molar-refractivity contribution in [1.29, 1.82) is 0 Å². The molecule has 0 radical (unpaired) electrons. The van der Waals surface area contributed by atoms with E-state index in [1.165, 1.54) is 18.2 Å². The molecule has 0 saturated carbocycles. The van der Waals surface area contributed by atoms with Crippen LogP contribution in [0.15, 0.2) is 42.5 Å². The van der Waals surface area contributed by atoms with E-state index in [-0.39, 0.29) is 17.7 Å². The maximum absolute atomic E-state index is 14.0. The van der Waals surface area contributed by atoms with Crippen LogP contribution in [-0.4, -0.2) is 11.1 Å². The summed E-state index contributed by atoms with van der Waals surface area (Å²) in [5.41, 5.74) is 1.02. The molecule has 0 unspecified atom stereocenters. The highest BCUT2D eigenvalue weighted by atomic mass is 19.1. The van der Waals surface area contributed by atoms with Crippen molar-refractivity contribution >= 4 is 5.97 Å². The summed E-state index contributed by atoms with van der Waals surface area (Å²) >= 11 is 0. The molecule has 1 N–H and O–H groups in total. The first-order valence-electron chi connectivity index (χ1n) is 6.72. The van der Waals surface area contributed by atoms with Crippen molar-refractivity contribution < 1.29 is 19.0 Å². The molecule has 0 aromatic heterocycles. The van der Waals surface area contributed by atoms with Gasteiger partial charge >= 0.3 is 5.97 Å². The molecule has 2 aromatic carbocycles. The van der Waals surface area contributed by atoms with Gasteiger partial charge < -0.3 is 9.84 Å². The fraction of sp³-hybridized carbons (Fsp3) is 0.235. The third-order valence-electron chi connectivity index (χ3n) is 3.23. The van der Waals surface area contributed by atoms with Gasteiger partial charge in [0.2, 0.25) is 0 Å². The van der Waals surface area contributed by atoms with Crippen LogP contribution in [0.5, 0.6) is 5.75 Å². The average molecular weight is 288 g/mol. The molecule has 0 saturated heterocycles. The number of halogens is 1. The second-order valence-corrected chi connectivity index (χ2v) is 5.10. The molecular weight excluding hydrogens is 271 g/mol. The van der Waals surface area contributed by atoms with Crippen molar-refractivity contribution in [3.63, 3.8) is 0 Å². The molecule has 2 rings (SSSR count). The predicted octanol–water partition coefficient (Wildman–Crippen LogP) is 4.23. The summed E-state index contributed by atoms with van der Waals surface area (Å²) in [6.07, 6.45) is 0. The first-order chi connectivity index (χ1) is 9.99. The van der Waals surface area contributed by atoms with Crippen LogP contribution >= 0.6 is 0 Å². The van der Waals surface area contributed by atoms with Crippen LogP contribution in [0.2, 0.25) is 0 Å². The van der Waals surface area contributed by atoms with E-state index in [9.17, 15) is 9.18 Å². The summed E-state index contributed by atoms with van der Waals surface area (Å²) in [6.45, 7) is 4.15. The highest BCUT2D eigenvalue weighted by Crippen LogP contribution is 2.22. The molecular formula is C17H17FO3. The Balaban J connectivity index is 2.15. The van der Waals surface area contributed by atoms with Gasteiger partial charge in [-0.25, -0.2) is 9.18 Å². The van der Waals surface area contributed by atoms with Crippen LogP contribution < -0.4 is 4.74 Å². The Morgan fingerprint density at radius 3 is 2.62 bits per heavy atom. The van der Waals surface area contributed by atoms with Crippen molar-refractivity contribution in [2.45, 2.75) is 26.4 Å². The van der Waals surface area contributed by atoms with Crippen molar-refractivity contribution in [1.82, 2.24) is 0 Å². The van der Waals surface area contributed by atoms with Crippen molar-refractivity contribution in [2.75, 3.05) is 0 Å². The van der Waals surface area contributed by atoms with Gasteiger partial charge in [0.1, 0.15) is 18.2 Å². The molecule has 110 valence electrons. The van der Waals surface area contributed by atoms with E-state index in [4.69, 9.17) is 9.84 Å². The van der Waals surface area contributed by atoms with Crippen LogP contribution in [0.4, 0.5) is 4.39 Å². The number of rotatable bonds is 5. The Hall–Kier alpha value is -2.36. The topological polar surface area (TPSA) is 46.5 Å². The van der Waals surface area contributed by atoms with Crippen LogP contribution in [0.1, 0.15) is 41.3 Å². The highest BCUT2D eigenvalue weighted by molar-refractivity contribution is 5.88. The molecule has 0 heterocycles. The minimum Gasteiger partial charge on any atom is -0.489 e. The van der Waals surface area contributed by atoms with Crippen molar-refractivity contribution in [3.05, 3.63) is 65.0 Å². The Kier molecular flexibility index (Phi) is 4.58. The van der Waals surface area contributed by atoms with Gasteiger partial charge in [0.05, 0.1) is 5.56 Å². The minimum absolute atomic E-state index is 0.00545. The van der Waals surface area contributed by atoms with Gasteiger partial charge in [0.15, 0.2) is 0 Å². The monoisotopic (exact) mass is 288 g/mol. The lowest BCUT2D eigenvalue weighted by Gasteiger charge is -2.11. The van der Waals surface area contributed by atoms with Gasteiger partial charge in [-0.3, -0.25) is 0 Å². The zero-order valence-corrected chi connectivity index (χ0v) is 12.0. The zero-order valence-electron chi connectivity index (χ0n) is 12.0. The first-order valence-corrected chi connectivity index (χ1v) is 6.72. The van der Waals surface area contributed by atoms with Crippen LogP contribution in [-0.2, 0) is 6.61 Å². The fourth-order valence-electron chi connectivity index (χ4n) is 1.98. The van der Waals surface area contributed by atoms with Crippen molar-refractivity contribution in [2.24, 2.45) is 0 Å². The Bertz CT molecular complexity index is 650. The summed E-state index contributed by atoms with van der Waals surface area (Å²) in [5.74, 6) is -1.01. The van der Waals surface area contributed by atoms with Gasteiger partial charge in [0.25, 0.3) is 0 Å². The second-order valence-electron chi connectivity index (χ2n) is 5.10. The van der Waals surface area contributed by atoms with Gasteiger partial charge in [-0.2, -0.15) is 0 Å². The largest absolute Gasteiger partial charge is 0.489 e. The summed E-state index contributed by atoms with van der Waals surface area (Å²) in [6, 6.07) is 11.9. The van der Waals surface area contributed by atoms with Gasteiger partial charge in [-0.1, -0.05) is 38.1 Å². The third-order valence-corrected chi connectivity index (χ3v) is 3.23. The molecule has 0 amide bonds. The van der Waals surface area contributed by atoms with E-state index in [0.29, 0.717) is 11.7 Å². The summed E-state index contributed by atoms with van der Waals surface area (Å²) in [7, 11) is 0. The maximum atomic E-state index is 14.0. The highest BCUT2D eigenvalue weighted by Gasteiger charge is 2.14. The fourth-order valence-corrected chi connectivity index (χ4v) is 1.98. The minimum atomic E-state index is -1.28. The number of benzene rings is 2. The average Bonchev–Trinajstić information content (AvgIpc) is 2.46. The lowest BCUT2D eigenvalue weighted by molar-refractivity contribution is 0.0691. The van der Waals surface area contributed by atoms with Gasteiger partial charge in [0, 0.05) is 5.56 Å². The van der Waals surface area contributed by atoms with E-state index < -0.39 is 11.8 Å². The second kappa shape index (κ2) is 6.39. The third kappa shape index (κ3) is 3.60. The maximum Gasteiger partial charge on any atom is 0.338 e.